The van der Waals surface area contributed by atoms with Gasteiger partial charge in [-0.1, -0.05) is 65.0 Å². The fraction of sp³-hybridized carbons (Fsp3) is 0.0833. The molecule has 4 aromatic rings. The van der Waals surface area contributed by atoms with Gasteiger partial charge in [0, 0.05) is 28.1 Å². The van der Waals surface area contributed by atoms with Crippen LogP contribution in [0.1, 0.15) is 21.6 Å². The molecule has 0 atom stereocenters. The van der Waals surface area contributed by atoms with E-state index in [-0.39, 0.29) is 5.91 Å². The van der Waals surface area contributed by atoms with Gasteiger partial charge in [-0.05, 0) is 48.9 Å². The molecule has 0 aliphatic rings. The summed E-state index contributed by atoms with van der Waals surface area (Å²) < 4.78 is 0. The van der Waals surface area contributed by atoms with E-state index in [1.54, 1.807) is 30.7 Å². The van der Waals surface area contributed by atoms with Crippen LogP contribution < -0.4 is 5.32 Å². The van der Waals surface area contributed by atoms with Crippen molar-refractivity contribution in [2.75, 3.05) is 5.32 Å². The molecule has 2 aromatic heterocycles. The van der Waals surface area contributed by atoms with Crippen molar-refractivity contribution < 1.29 is 4.79 Å². The van der Waals surface area contributed by atoms with Crippen LogP contribution in [0.25, 0.3) is 0 Å². The molecule has 0 bridgehead atoms. The molecule has 8 heteroatoms. The molecule has 160 valence electrons. The van der Waals surface area contributed by atoms with E-state index in [1.165, 1.54) is 29.1 Å². The third-order valence-electron chi connectivity index (χ3n) is 4.40. The highest BCUT2D eigenvalue weighted by Crippen LogP contribution is 2.31. The second kappa shape index (κ2) is 10.6. The second-order valence-corrected chi connectivity index (χ2v) is 9.39. The second-order valence-electron chi connectivity index (χ2n) is 6.89. The Morgan fingerprint density at radius 2 is 1.81 bits per heavy atom. The van der Waals surface area contributed by atoms with Gasteiger partial charge < -0.3 is 5.32 Å². The van der Waals surface area contributed by atoms with Crippen LogP contribution in [0, 0.1) is 6.92 Å². The molecule has 4 rings (SSSR count). The molecule has 32 heavy (non-hydrogen) atoms. The van der Waals surface area contributed by atoms with Crippen LogP contribution in [0.3, 0.4) is 0 Å². The van der Waals surface area contributed by atoms with Crippen molar-refractivity contribution >= 4 is 46.7 Å². The number of anilines is 1. The van der Waals surface area contributed by atoms with Gasteiger partial charge in [-0.2, -0.15) is 0 Å². The summed E-state index contributed by atoms with van der Waals surface area (Å²) >= 11 is 8.89. The van der Waals surface area contributed by atoms with E-state index in [9.17, 15) is 4.79 Å². The molecule has 1 amide bonds. The Kier molecular flexibility index (Phi) is 7.42. The number of pyridine rings is 1. The number of thioether (sulfide) groups is 1. The van der Waals surface area contributed by atoms with Crippen molar-refractivity contribution in [2.45, 2.75) is 27.6 Å². The minimum atomic E-state index is -0.302. The van der Waals surface area contributed by atoms with Gasteiger partial charge in [-0.25, -0.2) is 9.97 Å². The van der Waals surface area contributed by atoms with Crippen molar-refractivity contribution in [1.29, 1.82) is 0 Å². The molecular formula is C24H19ClN4OS2. The highest BCUT2D eigenvalue weighted by molar-refractivity contribution is 7.99. The van der Waals surface area contributed by atoms with Gasteiger partial charge in [-0.15, -0.1) is 0 Å². The number of nitrogens with zero attached hydrogens (tertiary/aromatic N) is 3. The zero-order valence-electron chi connectivity index (χ0n) is 17.2. The summed E-state index contributed by atoms with van der Waals surface area (Å²) in [6, 6.07) is 19.3. The minimum Gasteiger partial charge on any atom is -0.319 e. The van der Waals surface area contributed by atoms with E-state index in [0.717, 1.165) is 10.5 Å². The molecule has 0 aliphatic heterocycles. The number of hydrogen-bond donors (Lipinski definition) is 1. The number of carbonyl (C=O) groups excluding carboxylic acids is 1. The molecule has 0 radical (unpaired) electrons. The number of amides is 1. The smallest absolute Gasteiger partial charge is 0.275 e. The van der Waals surface area contributed by atoms with Crippen molar-refractivity contribution in [3.05, 3.63) is 101 Å². The van der Waals surface area contributed by atoms with Crippen LogP contribution >= 0.6 is 35.1 Å². The Morgan fingerprint density at radius 1 is 1.03 bits per heavy atom. The van der Waals surface area contributed by atoms with E-state index in [1.807, 2.05) is 55.5 Å². The zero-order valence-corrected chi connectivity index (χ0v) is 19.5. The molecule has 0 aliphatic carbocycles. The maximum atomic E-state index is 13.1. The van der Waals surface area contributed by atoms with E-state index in [2.05, 4.69) is 20.3 Å². The number of halogens is 1. The van der Waals surface area contributed by atoms with Crippen molar-refractivity contribution in [1.82, 2.24) is 15.0 Å². The normalized spacial score (nSPS) is 10.7. The van der Waals surface area contributed by atoms with Gasteiger partial charge in [0.25, 0.3) is 5.91 Å². The van der Waals surface area contributed by atoms with Crippen LogP contribution in [-0.2, 0) is 5.75 Å². The average molecular weight is 479 g/mol. The van der Waals surface area contributed by atoms with Gasteiger partial charge in [0.15, 0.2) is 5.16 Å². The highest BCUT2D eigenvalue weighted by atomic mass is 35.5. The van der Waals surface area contributed by atoms with Gasteiger partial charge in [0.2, 0.25) is 0 Å². The number of benzene rings is 2. The van der Waals surface area contributed by atoms with Gasteiger partial charge in [-0.3, -0.25) is 9.78 Å². The first-order valence-corrected chi connectivity index (χ1v) is 11.9. The van der Waals surface area contributed by atoms with E-state index in [4.69, 9.17) is 11.6 Å². The number of carbonyl (C=O) groups is 1. The lowest BCUT2D eigenvalue weighted by molar-refractivity contribution is 0.101. The van der Waals surface area contributed by atoms with Crippen LogP contribution in [0.2, 0.25) is 5.02 Å². The molecule has 0 saturated carbocycles. The minimum absolute atomic E-state index is 0.302. The first kappa shape index (κ1) is 22.3. The van der Waals surface area contributed by atoms with Gasteiger partial charge in [0.05, 0.1) is 16.8 Å². The molecule has 5 nitrogen and oxygen atoms in total. The number of nitrogens with one attached hydrogen (secondary N) is 1. The lowest BCUT2D eigenvalue weighted by Gasteiger charge is -2.11. The first-order valence-electron chi connectivity index (χ1n) is 9.77. The quantitative estimate of drug-likeness (QED) is 0.240. The SMILES string of the molecule is Cc1ccc(Sc2cnc(SCc3ccc(Cl)cc3)nc2C(=O)Nc2cccnc2)cc1. The third kappa shape index (κ3) is 6.09. The molecule has 2 aromatic carbocycles. The van der Waals surface area contributed by atoms with E-state index in [0.29, 0.717) is 32.2 Å². The van der Waals surface area contributed by atoms with Crippen LogP contribution in [-0.4, -0.2) is 20.9 Å². The summed E-state index contributed by atoms with van der Waals surface area (Å²) in [4.78, 5) is 27.9. The third-order valence-corrected chi connectivity index (χ3v) is 6.61. The monoisotopic (exact) mass is 478 g/mol. The Hall–Kier alpha value is -2.87. The van der Waals surface area contributed by atoms with Crippen LogP contribution in [0.15, 0.2) is 94.2 Å². The maximum Gasteiger partial charge on any atom is 0.275 e. The lowest BCUT2D eigenvalue weighted by Crippen LogP contribution is -2.16. The Morgan fingerprint density at radius 3 is 2.53 bits per heavy atom. The summed E-state index contributed by atoms with van der Waals surface area (Å²) in [5.41, 5.74) is 3.21. The molecule has 0 spiro atoms. The summed E-state index contributed by atoms with van der Waals surface area (Å²) in [7, 11) is 0. The fourth-order valence-corrected chi connectivity index (χ4v) is 4.51. The predicted molar refractivity (Wildman–Crippen MR) is 131 cm³/mol. The lowest BCUT2D eigenvalue weighted by atomic mass is 10.2. The van der Waals surface area contributed by atoms with Crippen LogP contribution in [0.5, 0.6) is 0 Å². The number of rotatable bonds is 7. The van der Waals surface area contributed by atoms with Crippen molar-refractivity contribution in [2.24, 2.45) is 0 Å². The van der Waals surface area contributed by atoms with Crippen molar-refractivity contribution in [3.63, 3.8) is 0 Å². The van der Waals surface area contributed by atoms with Crippen LogP contribution in [0.4, 0.5) is 5.69 Å². The van der Waals surface area contributed by atoms with Gasteiger partial charge >= 0.3 is 0 Å². The molecule has 0 unspecified atom stereocenters. The number of hydrogen-bond acceptors (Lipinski definition) is 6. The summed E-state index contributed by atoms with van der Waals surface area (Å²) in [5.74, 6) is 0.369. The van der Waals surface area contributed by atoms with Gasteiger partial charge in [0.1, 0.15) is 5.69 Å². The summed E-state index contributed by atoms with van der Waals surface area (Å²) in [6.07, 6.45) is 4.96. The molecule has 0 fully saturated rings. The molecule has 1 N–H and O–H groups in total. The maximum absolute atomic E-state index is 13.1. The molecule has 0 saturated heterocycles. The zero-order chi connectivity index (χ0) is 22.3. The number of aromatic nitrogens is 3. The summed E-state index contributed by atoms with van der Waals surface area (Å²) in [5, 5.41) is 4.10. The fourth-order valence-electron chi connectivity index (χ4n) is 2.75. The standard InChI is InChI=1S/C24H19ClN4OS2/c1-16-4-10-20(11-5-16)32-21-14-27-24(31-15-17-6-8-18(25)9-7-17)29-22(21)23(30)28-19-3-2-12-26-13-19/h2-14H,15H2,1H3,(H,28,30). The Labute approximate surface area is 200 Å². The topological polar surface area (TPSA) is 67.8 Å². The van der Waals surface area contributed by atoms with E-state index >= 15 is 0 Å². The van der Waals surface area contributed by atoms with Crippen molar-refractivity contribution in [3.8, 4) is 0 Å². The average Bonchev–Trinajstić information content (AvgIpc) is 2.81. The first-order chi connectivity index (χ1) is 15.6. The Bertz CT molecular complexity index is 1200. The largest absolute Gasteiger partial charge is 0.319 e. The van der Waals surface area contributed by atoms with E-state index < -0.39 is 0 Å². The predicted octanol–water partition coefficient (Wildman–Crippen LogP) is 6.53. The number of aryl methyl sites for hydroxylation is 1. The Balaban J connectivity index is 1.58. The molecular weight excluding hydrogens is 460 g/mol. The highest BCUT2D eigenvalue weighted by Gasteiger charge is 2.17. The molecule has 2 heterocycles. The summed E-state index contributed by atoms with van der Waals surface area (Å²) in [6.45, 7) is 2.04.